The van der Waals surface area contributed by atoms with Crippen molar-refractivity contribution in [3.63, 3.8) is 0 Å². The minimum Gasteiger partial charge on any atom is -0.357 e. The van der Waals surface area contributed by atoms with Crippen LogP contribution >= 0.6 is 11.6 Å². The Balaban J connectivity index is 2.04. The summed E-state index contributed by atoms with van der Waals surface area (Å²) in [5.74, 6) is 1.94. The molecule has 0 spiro atoms. The number of anilines is 1. The van der Waals surface area contributed by atoms with Gasteiger partial charge >= 0.3 is 0 Å². The fourth-order valence-electron chi connectivity index (χ4n) is 2.17. The van der Waals surface area contributed by atoms with E-state index in [-0.39, 0.29) is 0 Å². The first-order chi connectivity index (χ1) is 9.24. The van der Waals surface area contributed by atoms with Gasteiger partial charge in [0.2, 0.25) is 0 Å². The van der Waals surface area contributed by atoms with Crippen LogP contribution < -0.4 is 10.2 Å². The molecule has 1 aromatic rings. The molecular formula is C15H24ClN3. The van der Waals surface area contributed by atoms with Crippen molar-refractivity contribution in [2.75, 3.05) is 24.5 Å². The maximum Gasteiger partial charge on any atom is 0.128 e. The van der Waals surface area contributed by atoms with Crippen molar-refractivity contribution in [3.05, 3.63) is 22.8 Å². The van der Waals surface area contributed by atoms with Crippen LogP contribution in [0.3, 0.4) is 0 Å². The number of rotatable bonds is 8. The summed E-state index contributed by atoms with van der Waals surface area (Å²) in [6.45, 7) is 8.34. The van der Waals surface area contributed by atoms with E-state index in [0.29, 0.717) is 0 Å². The highest BCUT2D eigenvalue weighted by molar-refractivity contribution is 6.31. The maximum atomic E-state index is 6.22. The first-order valence-corrected chi connectivity index (χ1v) is 7.72. The van der Waals surface area contributed by atoms with Gasteiger partial charge in [-0.2, -0.15) is 0 Å². The van der Waals surface area contributed by atoms with E-state index in [2.05, 4.69) is 35.1 Å². The van der Waals surface area contributed by atoms with Crippen LogP contribution in [0.2, 0.25) is 5.02 Å². The van der Waals surface area contributed by atoms with Crippen LogP contribution in [-0.2, 0) is 6.54 Å². The van der Waals surface area contributed by atoms with E-state index in [1.165, 1.54) is 12.8 Å². The third-order valence-corrected chi connectivity index (χ3v) is 3.88. The Hall–Kier alpha value is -0.800. The summed E-state index contributed by atoms with van der Waals surface area (Å²) in [6, 6.07) is 2.14. The summed E-state index contributed by atoms with van der Waals surface area (Å²) in [4.78, 5) is 6.84. The van der Waals surface area contributed by atoms with Gasteiger partial charge in [0, 0.05) is 25.8 Å². The highest BCUT2D eigenvalue weighted by Crippen LogP contribution is 2.31. The van der Waals surface area contributed by atoms with Crippen molar-refractivity contribution >= 4 is 17.4 Å². The summed E-state index contributed by atoms with van der Waals surface area (Å²) in [5.41, 5.74) is 1.15. The number of pyridine rings is 1. The van der Waals surface area contributed by atoms with Gasteiger partial charge in [0.1, 0.15) is 5.82 Å². The van der Waals surface area contributed by atoms with Gasteiger partial charge in [-0.15, -0.1) is 0 Å². The number of nitrogens with zero attached hydrogens (tertiary/aromatic N) is 2. The molecule has 0 amide bonds. The summed E-state index contributed by atoms with van der Waals surface area (Å²) >= 11 is 6.22. The molecule has 106 valence electrons. The SMILES string of the molecule is CCCNCc1cc(N(CC)CC2CC2)ncc1Cl. The monoisotopic (exact) mass is 281 g/mol. The molecule has 3 nitrogen and oxygen atoms in total. The van der Waals surface area contributed by atoms with Crippen molar-refractivity contribution in [3.8, 4) is 0 Å². The van der Waals surface area contributed by atoms with E-state index in [1.54, 1.807) is 6.20 Å². The van der Waals surface area contributed by atoms with Crippen LogP contribution in [0, 0.1) is 5.92 Å². The Morgan fingerprint density at radius 2 is 2.21 bits per heavy atom. The molecule has 0 radical (unpaired) electrons. The highest BCUT2D eigenvalue weighted by Gasteiger charge is 2.24. The second kappa shape index (κ2) is 7.11. The molecule has 1 N–H and O–H groups in total. The quantitative estimate of drug-likeness (QED) is 0.740. The third kappa shape index (κ3) is 4.36. The minimum absolute atomic E-state index is 0.759. The third-order valence-electron chi connectivity index (χ3n) is 3.54. The Morgan fingerprint density at radius 3 is 2.84 bits per heavy atom. The van der Waals surface area contributed by atoms with E-state index in [4.69, 9.17) is 11.6 Å². The first-order valence-electron chi connectivity index (χ1n) is 7.34. The first kappa shape index (κ1) is 14.6. The molecule has 0 bridgehead atoms. The van der Waals surface area contributed by atoms with Gasteiger partial charge in [-0.25, -0.2) is 4.98 Å². The molecule has 0 unspecified atom stereocenters. The van der Waals surface area contributed by atoms with Gasteiger partial charge in [0.25, 0.3) is 0 Å². The van der Waals surface area contributed by atoms with Crippen LogP contribution in [0.1, 0.15) is 38.7 Å². The zero-order chi connectivity index (χ0) is 13.7. The van der Waals surface area contributed by atoms with E-state index in [1.807, 2.05) is 0 Å². The molecule has 2 rings (SSSR count). The average molecular weight is 282 g/mol. The van der Waals surface area contributed by atoms with Crippen molar-refractivity contribution in [1.82, 2.24) is 10.3 Å². The normalized spacial score (nSPS) is 14.7. The second-order valence-electron chi connectivity index (χ2n) is 5.29. The van der Waals surface area contributed by atoms with E-state index in [0.717, 1.165) is 54.9 Å². The summed E-state index contributed by atoms with van der Waals surface area (Å²) in [6.07, 6.45) is 5.66. The number of hydrogen-bond donors (Lipinski definition) is 1. The van der Waals surface area contributed by atoms with Crippen LogP contribution in [-0.4, -0.2) is 24.6 Å². The average Bonchev–Trinajstić information content (AvgIpc) is 3.22. The molecule has 0 aliphatic heterocycles. The van der Waals surface area contributed by atoms with Gasteiger partial charge in [0.15, 0.2) is 0 Å². The molecule has 0 atom stereocenters. The second-order valence-corrected chi connectivity index (χ2v) is 5.70. The number of hydrogen-bond acceptors (Lipinski definition) is 3. The lowest BCUT2D eigenvalue weighted by Crippen LogP contribution is -2.26. The van der Waals surface area contributed by atoms with Crippen LogP contribution in [0.25, 0.3) is 0 Å². The smallest absolute Gasteiger partial charge is 0.128 e. The van der Waals surface area contributed by atoms with E-state index in [9.17, 15) is 0 Å². The maximum absolute atomic E-state index is 6.22. The summed E-state index contributed by atoms with van der Waals surface area (Å²) in [7, 11) is 0. The Bertz CT molecular complexity index is 404. The molecule has 0 aromatic carbocycles. The van der Waals surface area contributed by atoms with Crippen LogP contribution in [0.5, 0.6) is 0 Å². The fourth-order valence-corrected chi connectivity index (χ4v) is 2.34. The number of halogens is 1. The number of aromatic nitrogens is 1. The standard InChI is InChI=1S/C15H24ClN3/c1-3-7-17-9-13-8-15(18-10-14(13)16)19(4-2)11-12-5-6-12/h8,10,12,17H,3-7,9,11H2,1-2H3. The summed E-state index contributed by atoms with van der Waals surface area (Å²) < 4.78 is 0. The predicted octanol–water partition coefficient (Wildman–Crippen LogP) is 3.47. The fraction of sp³-hybridized carbons (Fsp3) is 0.667. The van der Waals surface area contributed by atoms with Gasteiger partial charge in [-0.1, -0.05) is 18.5 Å². The molecular weight excluding hydrogens is 258 g/mol. The van der Waals surface area contributed by atoms with Crippen molar-refractivity contribution < 1.29 is 0 Å². The molecule has 1 aliphatic carbocycles. The predicted molar refractivity (Wildman–Crippen MR) is 81.9 cm³/mol. The topological polar surface area (TPSA) is 28.2 Å². The molecule has 1 aliphatic rings. The lowest BCUT2D eigenvalue weighted by molar-refractivity contribution is 0.673. The number of nitrogens with one attached hydrogen (secondary N) is 1. The lowest BCUT2D eigenvalue weighted by Gasteiger charge is -2.22. The van der Waals surface area contributed by atoms with Crippen molar-refractivity contribution in [1.29, 1.82) is 0 Å². The Kier molecular flexibility index (Phi) is 5.46. The van der Waals surface area contributed by atoms with Gasteiger partial charge in [0.05, 0.1) is 5.02 Å². The Morgan fingerprint density at radius 1 is 1.42 bits per heavy atom. The molecule has 1 aromatic heterocycles. The van der Waals surface area contributed by atoms with E-state index < -0.39 is 0 Å². The molecule has 19 heavy (non-hydrogen) atoms. The van der Waals surface area contributed by atoms with Gasteiger partial charge < -0.3 is 10.2 Å². The van der Waals surface area contributed by atoms with Gasteiger partial charge in [-0.3, -0.25) is 0 Å². The molecule has 1 heterocycles. The van der Waals surface area contributed by atoms with Gasteiger partial charge in [-0.05, 0) is 50.3 Å². The van der Waals surface area contributed by atoms with Crippen LogP contribution in [0.4, 0.5) is 5.82 Å². The van der Waals surface area contributed by atoms with E-state index >= 15 is 0 Å². The molecule has 1 fully saturated rings. The zero-order valence-electron chi connectivity index (χ0n) is 12.0. The Labute approximate surface area is 121 Å². The largest absolute Gasteiger partial charge is 0.357 e. The lowest BCUT2D eigenvalue weighted by atomic mass is 10.2. The summed E-state index contributed by atoms with van der Waals surface area (Å²) in [5, 5.41) is 4.16. The molecule has 0 saturated heterocycles. The molecule has 4 heteroatoms. The molecule has 1 saturated carbocycles. The zero-order valence-corrected chi connectivity index (χ0v) is 12.7. The highest BCUT2D eigenvalue weighted by atomic mass is 35.5. The minimum atomic E-state index is 0.759. The van der Waals surface area contributed by atoms with Crippen molar-refractivity contribution in [2.45, 2.75) is 39.7 Å². The van der Waals surface area contributed by atoms with Crippen molar-refractivity contribution in [2.24, 2.45) is 5.92 Å². The van der Waals surface area contributed by atoms with Crippen LogP contribution in [0.15, 0.2) is 12.3 Å².